The summed E-state index contributed by atoms with van der Waals surface area (Å²) in [5.74, 6) is -0.214. The third-order valence-corrected chi connectivity index (χ3v) is 3.68. The van der Waals surface area contributed by atoms with Crippen LogP contribution in [0.5, 0.6) is 0 Å². The summed E-state index contributed by atoms with van der Waals surface area (Å²) < 4.78 is 0. The summed E-state index contributed by atoms with van der Waals surface area (Å²) in [5.41, 5.74) is 0.314. The van der Waals surface area contributed by atoms with Crippen molar-refractivity contribution in [2.45, 2.75) is 19.3 Å². The van der Waals surface area contributed by atoms with Gasteiger partial charge in [0.05, 0.1) is 5.41 Å². The van der Waals surface area contributed by atoms with Crippen LogP contribution in [0, 0.1) is 11.8 Å². The highest BCUT2D eigenvalue weighted by Gasteiger charge is 2.65. The first kappa shape index (κ1) is 9.25. The van der Waals surface area contributed by atoms with E-state index in [4.69, 9.17) is 0 Å². The summed E-state index contributed by atoms with van der Waals surface area (Å²) in [6, 6.07) is 9.54. The van der Waals surface area contributed by atoms with Crippen LogP contribution in [0.25, 0.3) is 0 Å². The van der Waals surface area contributed by atoms with Crippen LogP contribution in [0.4, 0.5) is 0 Å². The van der Waals surface area contributed by atoms with E-state index in [9.17, 15) is 9.90 Å². The second kappa shape index (κ2) is 2.84. The lowest BCUT2D eigenvalue weighted by Crippen LogP contribution is -2.23. The van der Waals surface area contributed by atoms with E-state index in [1.54, 1.807) is 0 Å². The number of hydrogen-bond donors (Lipinski definition) is 1. The molecule has 1 saturated carbocycles. The monoisotopic (exact) mass is 190 g/mol. The van der Waals surface area contributed by atoms with Crippen LogP contribution in [-0.4, -0.2) is 11.1 Å². The summed E-state index contributed by atoms with van der Waals surface area (Å²) in [4.78, 5) is 11.3. The van der Waals surface area contributed by atoms with E-state index in [2.05, 4.69) is 0 Å². The molecule has 2 unspecified atom stereocenters. The minimum atomic E-state index is -0.691. The quantitative estimate of drug-likeness (QED) is 0.776. The van der Waals surface area contributed by atoms with Gasteiger partial charge in [-0.05, 0) is 17.4 Å². The molecule has 0 heterocycles. The Morgan fingerprint density at radius 3 is 2.07 bits per heavy atom. The van der Waals surface area contributed by atoms with Crippen LogP contribution in [0.15, 0.2) is 30.3 Å². The topological polar surface area (TPSA) is 37.3 Å². The Hall–Kier alpha value is -1.31. The highest BCUT2D eigenvalue weighted by atomic mass is 16.4. The average Bonchev–Trinajstić information content (AvgIpc) is 2.72. The van der Waals surface area contributed by atoms with E-state index in [-0.39, 0.29) is 11.8 Å². The van der Waals surface area contributed by atoms with Gasteiger partial charge in [0.15, 0.2) is 0 Å². The molecule has 1 aliphatic rings. The smallest absolute Gasteiger partial charge is 0.314 e. The molecular weight excluding hydrogens is 176 g/mol. The van der Waals surface area contributed by atoms with Crippen LogP contribution < -0.4 is 0 Å². The van der Waals surface area contributed by atoms with E-state index in [0.29, 0.717) is 0 Å². The van der Waals surface area contributed by atoms with Crippen molar-refractivity contribution in [2.24, 2.45) is 11.8 Å². The highest BCUT2D eigenvalue weighted by Crippen LogP contribution is 2.59. The zero-order chi connectivity index (χ0) is 10.3. The van der Waals surface area contributed by atoms with Crippen LogP contribution in [0.3, 0.4) is 0 Å². The second-order valence-electron chi connectivity index (χ2n) is 4.12. The predicted octanol–water partition coefficient (Wildman–Crippen LogP) is 2.29. The minimum Gasteiger partial charge on any atom is -0.481 e. The molecule has 2 heteroatoms. The molecule has 0 aromatic heterocycles. The lowest BCUT2D eigenvalue weighted by atomic mass is 9.92. The minimum absolute atomic E-state index is 0.238. The van der Waals surface area contributed by atoms with Gasteiger partial charge in [-0.2, -0.15) is 0 Å². The summed E-state index contributed by atoms with van der Waals surface area (Å²) in [5, 5.41) is 9.30. The second-order valence-corrected chi connectivity index (χ2v) is 4.12. The van der Waals surface area contributed by atoms with Crippen molar-refractivity contribution in [3.63, 3.8) is 0 Å². The number of carbonyl (C=O) groups is 1. The van der Waals surface area contributed by atoms with Gasteiger partial charge in [-0.25, -0.2) is 0 Å². The van der Waals surface area contributed by atoms with Crippen molar-refractivity contribution in [2.75, 3.05) is 0 Å². The largest absolute Gasteiger partial charge is 0.481 e. The Balaban J connectivity index is 2.46. The molecule has 74 valence electrons. The number of hydrogen-bond acceptors (Lipinski definition) is 1. The molecule has 1 N–H and O–H groups in total. The van der Waals surface area contributed by atoms with E-state index in [0.717, 1.165) is 5.56 Å². The van der Waals surface area contributed by atoms with Gasteiger partial charge in [0.25, 0.3) is 0 Å². The molecular formula is C12H14O2. The SMILES string of the molecule is CC1C(C)C1(C(=O)O)c1ccccc1. The first-order valence-corrected chi connectivity index (χ1v) is 4.90. The molecule has 0 saturated heterocycles. The third kappa shape index (κ3) is 0.939. The summed E-state index contributed by atoms with van der Waals surface area (Å²) >= 11 is 0. The van der Waals surface area contributed by atoms with Gasteiger partial charge in [0.1, 0.15) is 0 Å². The zero-order valence-electron chi connectivity index (χ0n) is 8.40. The van der Waals surface area contributed by atoms with Crippen molar-refractivity contribution in [1.82, 2.24) is 0 Å². The molecule has 14 heavy (non-hydrogen) atoms. The Morgan fingerprint density at radius 1 is 1.21 bits per heavy atom. The molecule has 1 aromatic carbocycles. The van der Waals surface area contributed by atoms with Crippen LogP contribution >= 0.6 is 0 Å². The van der Waals surface area contributed by atoms with Crippen molar-refractivity contribution < 1.29 is 9.90 Å². The Morgan fingerprint density at radius 2 is 1.71 bits per heavy atom. The van der Waals surface area contributed by atoms with Gasteiger partial charge in [0, 0.05) is 0 Å². The fraction of sp³-hybridized carbons (Fsp3) is 0.417. The van der Waals surface area contributed by atoms with E-state index < -0.39 is 11.4 Å². The maximum absolute atomic E-state index is 11.3. The fourth-order valence-corrected chi connectivity index (χ4v) is 2.53. The molecule has 0 bridgehead atoms. The molecule has 1 aromatic rings. The lowest BCUT2D eigenvalue weighted by Gasteiger charge is -2.11. The van der Waals surface area contributed by atoms with E-state index in [1.807, 2.05) is 44.2 Å². The molecule has 2 atom stereocenters. The van der Waals surface area contributed by atoms with Gasteiger partial charge in [-0.1, -0.05) is 44.2 Å². The molecule has 2 nitrogen and oxygen atoms in total. The lowest BCUT2D eigenvalue weighted by molar-refractivity contribution is -0.140. The van der Waals surface area contributed by atoms with E-state index in [1.165, 1.54) is 0 Å². The fourth-order valence-electron chi connectivity index (χ4n) is 2.53. The van der Waals surface area contributed by atoms with Gasteiger partial charge in [-0.15, -0.1) is 0 Å². The number of aliphatic carboxylic acids is 1. The zero-order valence-corrected chi connectivity index (χ0v) is 8.40. The first-order valence-electron chi connectivity index (χ1n) is 4.90. The van der Waals surface area contributed by atoms with Gasteiger partial charge in [0.2, 0.25) is 0 Å². The third-order valence-electron chi connectivity index (χ3n) is 3.68. The van der Waals surface area contributed by atoms with Crippen LogP contribution in [-0.2, 0) is 10.2 Å². The molecule has 2 rings (SSSR count). The Labute approximate surface area is 83.6 Å². The molecule has 0 aliphatic heterocycles. The first-order chi connectivity index (χ1) is 6.61. The molecule has 1 fully saturated rings. The molecule has 0 spiro atoms. The van der Waals surface area contributed by atoms with Crippen LogP contribution in [0.2, 0.25) is 0 Å². The van der Waals surface area contributed by atoms with Crippen molar-refractivity contribution in [3.05, 3.63) is 35.9 Å². The number of benzene rings is 1. The van der Waals surface area contributed by atoms with Gasteiger partial charge < -0.3 is 5.11 Å². The maximum Gasteiger partial charge on any atom is 0.314 e. The molecule has 0 amide bonds. The standard InChI is InChI=1S/C12H14O2/c1-8-9(2)12(8,11(13)14)10-6-4-3-5-7-10/h3-9H,1-2H3,(H,13,14). The number of rotatable bonds is 2. The molecule has 0 radical (unpaired) electrons. The normalized spacial score (nSPS) is 35.3. The maximum atomic E-state index is 11.3. The number of carboxylic acids is 1. The average molecular weight is 190 g/mol. The van der Waals surface area contributed by atoms with Crippen molar-refractivity contribution in [3.8, 4) is 0 Å². The summed E-state index contributed by atoms with van der Waals surface area (Å²) in [6.07, 6.45) is 0. The highest BCUT2D eigenvalue weighted by molar-refractivity contribution is 5.86. The van der Waals surface area contributed by atoms with E-state index >= 15 is 0 Å². The summed E-state index contributed by atoms with van der Waals surface area (Å²) in [6.45, 7) is 4.01. The predicted molar refractivity (Wildman–Crippen MR) is 54.1 cm³/mol. The number of carboxylic acid groups (broad SMARTS) is 1. The van der Waals surface area contributed by atoms with Gasteiger partial charge in [-0.3, -0.25) is 4.79 Å². The van der Waals surface area contributed by atoms with Gasteiger partial charge >= 0.3 is 5.97 Å². The Bertz CT molecular complexity index is 348. The van der Waals surface area contributed by atoms with Crippen molar-refractivity contribution in [1.29, 1.82) is 0 Å². The van der Waals surface area contributed by atoms with Crippen LogP contribution in [0.1, 0.15) is 19.4 Å². The van der Waals surface area contributed by atoms with Crippen molar-refractivity contribution >= 4 is 5.97 Å². The Kier molecular flexibility index (Phi) is 1.88. The summed E-state index contributed by atoms with van der Waals surface area (Å²) in [7, 11) is 0. The molecule has 1 aliphatic carbocycles.